The number of ether oxygens (including phenoxy) is 1. The van der Waals surface area contributed by atoms with Crippen molar-refractivity contribution in [1.82, 2.24) is 9.21 Å². The fourth-order valence-corrected chi connectivity index (χ4v) is 4.49. The van der Waals surface area contributed by atoms with Gasteiger partial charge in [-0.2, -0.15) is 4.31 Å². The van der Waals surface area contributed by atoms with Gasteiger partial charge < -0.3 is 9.64 Å². The first-order chi connectivity index (χ1) is 11.5. The van der Waals surface area contributed by atoms with Crippen LogP contribution in [-0.2, 0) is 10.0 Å². The highest BCUT2D eigenvalue weighted by molar-refractivity contribution is 7.89. The minimum absolute atomic E-state index is 0.153. The molecule has 1 aliphatic heterocycles. The molecule has 2 rings (SSSR count). The predicted octanol–water partition coefficient (Wildman–Crippen LogP) is 2.35. The fourth-order valence-electron chi connectivity index (χ4n) is 2.95. The summed E-state index contributed by atoms with van der Waals surface area (Å²) in [6.07, 6.45) is 2.81. The molecule has 1 heterocycles. The van der Waals surface area contributed by atoms with Gasteiger partial charge in [0.25, 0.3) is 5.91 Å². The Bertz CT molecular complexity index is 678. The summed E-state index contributed by atoms with van der Waals surface area (Å²) in [5, 5.41) is 0. The number of piperidine rings is 1. The van der Waals surface area contributed by atoms with Crippen molar-refractivity contribution in [3.63, 3.8) is 0 Å². The van der Waals surface area contributed by atoms with Gasteiger partial charge in [-0.3, -0.25) is 4.79 Å². The van der Waals surface area contributed by atoms with Gasteiger partial charge in [-0.25, -0.2) is 8.42 Å². The third-order valence-electron chi connectivity index (χ3n) is 4.40. The third kappa shape index (κ3) is 3.72. The number of methoxy groups -OCH3 is 1. The van der Waals surface area contributed by atoms with Crippen LogP contribution in [0.4, 0.5) is 0 Å². The molecule has 0 aromatic heterocycles. The molecule has 0 atom stereocenters. The Labute approximate surface area is 144 Å². The number of nitrogens with zero attached hydrogens (tertiary/aromatic N) is 2. The molecule has 0 radical (unpaired) electrons. The summed E-state index contributed by atoms with van der Waals surface area (Å²) in [4.78, 5) is 14.5. The number of carbonyl (C=O) groups is 1. The minimum Gasteiger partial charge on any atom is -0.496 e. The second-order valence-electron chi connectivity index (χ2n) is 5.80. The van der Waals surface area contributed by atoms with E-state index in [-0.39, 0.29) is 10.8 Å². The molecule has 0 unspecified atom stereocenters. The van der Waals surface area contributed by atoms with Crippen molar-refractivity contribution >= 4 is 15.9 Å². The quantitative estimate of drug-likeness (QED) is 0.786. The van der Waals surface area contributed by atoms with Crippen LogP contribution in [0.5, 0.6) is 5.75 Å². The molecule has 0 saturated carbocycles. The van der Waals surface area contributed by atoms with Crippen LogP contribution in [0.1, 0.15) is 43.5 Å². The maximum atomic E-state index is 12.8. The highest BCUT2D eigenvalue weighted by atomic mass is 32.2. The van der Waals surface area contributed by atoms with E-state index >= 15 is 0 Å². The average Bonchev–Trinajstić information content (AvgIpc) is 2.62. The first kappa shape index (κ1) is 18.7. The molecular formula is C17H26N2O4S. The van der Waals surface area contributed by atoms with Crippen LogP contribution in [0.25, 0.3) is 0 Å². The van der Waals surface area contributed by atoms with Crippen molar-refractivity contribution in [2.75, 3.05) is 33.3 Å². The second kappa shape index (κ2) is 7.98. The van der Waals surface area contributed by atoms with Crippen LogP contribution >= 0.6 is 0 Å². The van der Waals surface area contributed by atoms with Crippen LogP contribution in [0, 0.1) is 0 Å². The van der Waals surface area contributed by atoms with Gasteiger partial charge in [-0.15, -0.1) is 0 Å². The standard InChI is InChI=1S/C17H26N2O4S/c1-4-18(5-2)17(20)15-13-14(9-10-16(15)23-3)24(21,22)19-11-7-6-8-12-19/h9-10,13H,4-8,11-12H2,1-3H3. The molecule has 1 aromatic carbocycles. The first-order valence-electron chi connectivity index (χ1n) is 8.43. The number of hydrogen-bond acceptors (Lipinski definition) is 4. The lowest BCUT2D eigenvalue weighted by Gasteiger charge is -2.26. The lowest BCUT2D eigenvalue weighted by Crippen LogP contribution is -2.36. The van der Waals surface area contributed by atoms with Gasteiger partial charge in [0, 0.05) is 26.2 Å². The van der Waals surface area contributed by atoms with Crippen LogP contribution in [-0.4, -0.2) is 56.8 Å². The Balaban J connectivity index is 2.42. The highest BCUT2D eigenvalue weighted by Gasteiger charge is 2.28. The molecule has 1 saturated heterocycles. The largest absolute Gasteiger partial charge is 0.496 e. The molecule has 1 amide bonds. The number of rotatable bonds is 6. The summed E-state index contributed by atoms with van der Waals surface area (Å²) in [6, 6.07) is 4.53. The van der Waals surface area contributed by atoms with Crippen molar-refractivity contribution in [2.24, 2.45) is 0 Å². The molecule has 0 N–H and O–H groups in total. The van der Waals surface area contributed by atoms with E-state index in [9.17, 15) is 13.2 Å². The van der Waals surface area contributed by atoms with Crippen LogP contribution in [0.15, 0.2) is 23.1 Å². The summed E-state index contributed by atoms with van der Waals surface area (Å²) in [5.74, 6) is 0.178. The molecular weight excluding hydrogens is 328 g/mol. The van der Waals surface area contributed by atoms with E-state index in [1.807, 2.05) is 13.8 Å². The van der Waals surface area contributed by atoms with E-state index in [1.165, 1.54) is 23.5 Å². The van der Waals surface area contributed by atoms with Gasteiger partial charge in [0.2, 0.25) is 10.0 Å². The lowest BCUT2D eigenvalue weighted by molar-refractivity contribution is 0.0769. The lowest BCUT2D eigenvalue weighted by atomic mass is 10.1. The van der Waals surface area contributed by atoms with E-state index in [4.69, 9.17) is 4.74 Å². The fraction of sp³-hybridized carbons (Fsp3) is 0.588. The Kier molecular flexibility index (Phi) is 6.23. The van der Waals surface area contributed by atoms with Gasteiger partial charge >= 0.3 is 0 Å². The zero-order chi connectivity index (χ0) is 17.7. The van der Waals surface area contributed by atoms with Crippen LogP contribution in [0.2, 0.25) is 0 Å². The van der Waals surface area contributed by atoms with Crippen molar-refractivity contribution < 1.29 is 17.9 Å². The van der Waals surface area contributed by atoms with E-state index in [0.29, 0.717) is 37.5 Å². The maximum absolute atomic E-state index is 12.8. The summed E-state index contributed by atoms with van der Waals surface area (Å²) >= 11 is 0. The topological polar surface area (TPSA) is 66.9 Å². The van der Waals surface area contributed by atoms with Crippen molar-refractivity contribution in [3.8, 4) is 5.75 Å². The predicted molar refractivity (Wildman–Crippen MR) is 92.9 cm³/mol. The van der Waals surface area contributed by atoms with Gasteiger partial charge in [-0.05, 0) is 44.9 Å². The Morgan fingerprint density at radius 3 is 2.33 bits per heavy atom. The van der Waals surface area contributed by atoms with Crippen molar-refractivity contribution in [3.05, 3.63) is 23.8 Å². The third-order valence-corrected chi connectivity index (χ3v) is 6.30. The normalized spacial score (nSPS) is 16.0. The Morgan fingerprint density at radius 2 is 1.79 bits per heavy atom. The molecule has 1 aromatic rings. The zero-order valence-corrected chi connectivity index (χ0v) is 15.4. The van der Waals surface area contributed by atoms with E-state index in [1.54, 1.807) is 11.0 Å². The van der Waals surface area contributed by atoms with Gasteiger partial charge in [0.15, 0.2) is 0 Å². The SMILES string of the molecule is CCN(CC)C(=O)c1cc(S(=O)(=O)N2CCCCC2)ccc1OC. The monoisotopic (exact) mass is 354 g/mol. The Morgan fingerprint density at radius 1 is 1.17 bits per heavy atom. The number of carbonyl (C=O) groups excluding carboxylic acids is 1. The average molecular weight is 354 g/mol. The molecule has 6 nitrogen and oxygen atoms in total. The number of sulfonamides is 1. The maximum Gasteiger partial charge on any atom is 0.257 e. The number of benzene rings is 1. The van der Waals surface area contributed by atoms with Gasteiger partial charge in [0.1, 0.15) is 5.75 Å². The number of hydrogen-bond donors (Lipinski definition) is 0. The number of amides is 1. The smallest absolute Gasteiger partial charge is 0.257 e. The van der Waals surface area contributed by atoms with Crippen molar-refractivity contribution in [2.45, 2.75) is 38.0 Å². The molecule has 0 spiro atoms. The van der Waals surface area contributed by atoms with E-state index in [2.05, 4.69) is 0 Å². The summed E-state index contributed by atoms with van der Waals surface area (Å²) in [5.41, 5.74) is 0.291. The molecule has 0 bridgehead atoms. The van der Waals surface area contributed by atoms with E-state index < -0.39 is 10.0 Å². The Hall–Kier alpha value is -1.60. The van der Waals surface area contributed by atoms with Crippen LogP contribution < -0.4 is 4.74 Å². The zero-order valence-electron chi connectivity index (χ0n) is 14.6. The molecule has 1 fully saturated rings. The molecule has 0 aliphatic carbocycles. The summed E-state index contributed by atoms with van der Waals surface area (Å²) < 4.78 is 32.4. The van der Waals surface area contributed by atoms with Crippen LogP contribution in [0.3, 0.4) is 0 Å². The first-order valence-corrected chi connectivity index (χ1v) is 9.87. The summed E-state index contributed by atoms with van der Waals surface area (Å²) in [7, 11) is -2.10. The highest BCUT2D eigenvalue weighted by Crippen LogP contribution is 2.27. The molecule has 7 heteroatoms. The minimum atomic E-state index is -3.58. The molecule has 1 aliphatic rings. The summed E-state index contributed by atoms with van der Waals surface area (Å²) in [6.45, 7) is 5.97. The molecule has 24 heavy (non-hydrogen) atoms. The van der Waals surface area contributed by atoms with Gasteiger partial charge in [0.05, 0.1) is 17.6 Å². The van der Waals surface area contributed by atoms with Crippen molar-refractivity contribution in [1.29, 1.82) is 0 Å². The van der Waals surface area contributed by atoms with Gasteiger partial charge in [-0.1, -0.05) is 6.42 Å². The molecule has 134 valence electrons. The second-order valence-corrected chi connectivity index (χ2v) is 7.74. The van der Waals surface area contributed by atoms with E-state index in [0.717, 1.165) is 19.3 Å².